The van der Waals surface area contributed by atoms with Gasteiger partial charge in [0.25, 0.3) is 5.91 Å². The first-order valence-corrected chi connectivity index (χ1v) is 8.78. The van der Waals surface area contributed by atoms with Gasteiger partial charge in [0.2, 0.25) is 0 Å². The van der Waals surface area contributed by atoms with Crippen LogP contribution in [0.3, 0.4) is 0 Å². The van der Waals surface area contributed by atoms with Gasteiger partial charge in [-0.3, -0.25) is 9.78 Å². The van der Waals surface area contributed by atoms with Gasteiger partial charge in [-0.1, -0.05) is 6.07 Å². The number of carbonyl (C=O) groups is 2. The number of alkyl halides is 3. The third-order valence-electron chi connectivity index (χ3n) is 4.06. The van der Waals surface area contributed by atoms with Crippen LogP contribution < -0.4 is 16.0 Å². The van der Waals surface area contributed by atoms with Crippen LogP contribution in [0, 0.1) is 0 Å². The minimum Gasteiger partial charge on any atom is -0.459 e. The minimum absolute atomic E-state index is 0.0475. The van der Waals surface area contributed by atoms with E-state index < -0.39 is 35.4 Å². The average Bonchev–Trinajstić information content (AvgIpc) is 3.24. The van der Waals surface area contributed by atoms with Crippen molar-refractivity contribution in [2.24, 2.45) is 0 Å². The van der Waals surface area contributed by atoms with E-state index in [0.717, 1.165) is 12.1 Å². The van der Waals surface area contributed by atoms with Crippen LogP contribution in [0.2, 0.25) is 0 Å². The number of amides is 3. The lowest BCUT2D eigenvalue weighted by Gasteiger charge is -2.18. The number of pyridine rings is 1. The topological polar surface area (TPSA) is 96.3 Å². The molecule has 3 amide bonds. The lowest BCUT2D eigenvalue weighted by Crippen LogP contribution is -2.32. The van der Waals surface area contributed by atoms with E-state index in [-0.39, 0.29) is 11.4 Å². The Morgan fingerprint density at radius 2 is 1.87 bits per heavy atom. The number of halogens is 3. The van der Waals surface area contributed by atoms with E-state index >= 15 is 0 Å². The lowest BCUT2D eigenvalue weighted by atomic mass is 10.1. The molecule has 30 heavy (non-hydrogen) atoms. The SMILES string of the molecule is CC(NC(=O)Nc1ccc(NC(=O)c2ccco2)cc1C(F)(F)F)c1ccccn1. The number of nitrogens with one attached hydrogen (secondary N) is 3. The number of rotatable bonds is 5. The Kier molecular flexibility index (Phi) is 6.05. The van der Waals surface area contributed by atoms with Crippen LogP contribution in [-0.4, -0.2) is 16.9 Å². The highest BCUT2D eigenvalue weighted by Crippen LogP contribution is 2.36. The Bertz CT molecular complexity index is 1020. The summed E-state index contributed by atoms with van der Waals surface area (Å²) in [5.74, 6) is -0.746. The van der Waals surface area contributed by atoms with Crippen molar-refractivity contribution in [2.45, 2.75) is 19.1 Å². The van der Waals surface area contributed by atoms with Gasteiger partial charge in [-0.2, -0.15) is 13.2 Å². The van der Waals surface area contributed by atoms with E-state index in [0.29, 0.717) is 5.69 Å². The molecular weight excluding hydrogens is 401 g/mol. The third-order valence-corrected chi connectivity index (χ3v) is 4.06. The summed E-state index contributed by atoms with van der Waals surface area (Å²) in [5.41, 5.74) is -1.11. The molecule has 0 radical (unpaired) electrons. The predicted octanol–water partition coefficient (Wildman–Crippen LogP) is 4.83. The Balaban J connectivity index is 1.75. The molecule has 2 heterocycles. The molecule has 2 aromatic heterocycles. The molecule has 10 heteroatoms. The zero-order valence-corrected chi connectivity index (χ0v) is 15.7. The summed E-state index contributed by atoms with van der Waals surface area (Å²) in [7, 11) is 0. The molecule has 3 rings (SSSR count). The summed E-state index contributed by atoms with van der Waals surface area (Å²) in [5, 5.41) is 7.05. The van der Waals surface area contributed by atoms with Crippen molar-refractivity contribution in [3.8, 4) is 0 Å². The van der Waals surface area contributed by atoms with Crippen molar-refractivity contribution >= 4 is 23.3 Å². The molecule has 3 aromatic rings. The first-order chi connectivity index (χ1) is 14.2. The summed E-state index contributed by atoms with van der Waals surface area (Å²) < 4.78 is 45.4. The van der Waals surface area contributed by atoms with Crippen LogP contribution in [0.5, 0.6) is 0 Å². The Labute approximate surface area is 169 Å². The maximum Gasteiger partial charge on any atom is 0.418 e. The molecule has 0 spiro atoms. The molecule has 0 saturated heterocycles. The Morgan fingerprint density at radius 3 is 2.50 bits per heavy atom. The molecule has 1 aromatic carbocycles. The third kappa shape index (κ3) is 5.16. The largest absolute Gasteiger partial charge is 0.459 e. The highest BCUT2D eigenvalue weighted by atomic mass is 19.4. The number of urea groups is 1. The van der Waals surface area contributed by atoms with E-state index in [2.05, 4.69) is 20.9 Å². The monoisotopic (exact) mass is 418 g/mol. The Morgan fingerprint density at radius 1 is 1.07 bits per heavy atom. The maximum absolute atomic E-state index is 13.5. The van der Waals surface area contributed by atoms with Gasteiger partial charge in [0.1, 0.15) is 0 Å². The van der Waals surface area contributed by atoms with Gasteiger partial charge in [0.05, 0.1) is 29.2 Å². The zero-order chi connectivity index (χ0) is 21.7. The molecule has 3 N–H and O–H groups in total. The fourth-order valence-corrected chi connectivity index (χ4v) is 2.63. The molecule has 0 aliphatic carbocycles. The second-order valence-electron chi connectivity index (χ2n) is 6.26. The van der Waals surface area contributed by atoms with Crippen molar-refractivity contribution in [1.82, 2.24) is 10.3 Å². The zero-order valence-electron chi connectivity index (χ0n) is 15.7. The Hall–Kier alpha value is -3.82. The maximum atomic E-state index is 13.5. The molecule has 0 aliphatic rings. The van der Waals surface area contributed by atoms with Gasteiger partial charge in [-0.25, -0.2) is 4.79 Å². The molecular formula is C20H17F3N4O3. The summed E-state index contributed by atoms with van der Waals surface area (Å²) in [6.07, 6.45) is -1.95. The van der Waals surface area contributed by atoms with Gasteiger partial charge >= 0.3 is 12.2 Å². The van der Waals surface area contributed by atoms with Gasteiger partial charge in [-0.05, 0) is 49.4 Å². The van der Waals surface area contributed by atoms with Gasteiger partial charge in [-0.15, -0.1) is 0 Å². The number of furan rings is 1. The number of nitrogens with zero attached hydrogens (tertiary/aromatic N) is 1. The van der Waals surface area contributed by atoms with Crippen LogP contribution in [0.15, 0.2) is 65.4 Å². The summed E-state index contributed by atoms with van der Waals surface area (Å²) in [6.45, 7) is 1.65. The number of benzene rings is 1. The van der Waals surface area contributed by atoms with Gasteiger partial charge in [0, 0.05) is 11.9 Å². The highest BCUT2D eigenvalue weighted by molar-refractivity contribution is 6.02. The molecule has 0 bridgehead atoms. The second-order valence-corrected chi connectivity index (χ2v) is 6.26. The van der Waals surface area contributed by atoms with Crippen molar-refractivity contribution in [3.05, 3.63) is 78.0 Å². The van der Waals surface area contributed by atoms with Crippen LogP contribution in [0.25, 0.3) is 0 Å². The quantitative estimate of drug-likeness (QED) is 0.553. The van der Waals surface area contributed by atoms with E-state index in [9.17, 15) is 22.8 Å². The normalized spacial score (nSPS) is 12.1. The van der Waals surface area contributed by atoms with Gasteiger partial charge in [0.15, 0.2) is 5.76 Å². The summed E-state index contributed by atoms with van der Waals surface area (Å²) in [6, 6.07) is 9.67. The first kappa shape index (κ1) is 20.9. The number of hydrogen-bond acceptors (Lipinski definition) is 4. The van der Waals surface area contributed by atoms with Crippen LogP contribution in [0.1, 0.15) is 34.8 Å². The molecule has 1 unspecified atom stereocenters. The molecule has 0 aliphatic heterocycles. The molecule has 156 valence electrons. The number of aromatic nitrogens is 1. The standard InChI is InChI=1S/C20H17F3N4O3/c1-12(15-5-2-3-9-24-15)25-19(29)27-16-8-7-13(11-14(16)20(21,22)23)26-18(28)17-6-4-10-30-17/h2-12H,1H3,(H,26,28)(H2,25,27,29). The van der Waals surface area contributed by atoms with E-state index in [1.54, 1.807) is 31.3 Å². The van der Waals surface area contributed by atoms with Crippen LogP contribution in [0.4, 0.5) is 29.3 Å². The number of hydrogen-bond donors (Lipinski definition) is 3. The molecule has 0 saturated carbocycles. The van der Waals surface area contributed by atoms with Gasteiger partial charge < -0.3 is 20.4 Å². The average molecular weight is 418 g/mol. The first-order valence-electron chi connectivity index (χ1n) is 8.78. The fourth-order valence-electron chi connectivity index (χ4n) is 2.63. The summed E-state index contributed by atoms with van der Waals surface area (Å²) >= 11 is 0. The second kappa shape index (κ2) is 8.68. The predicted molar refractivity (Wildman–Crippen MR) is 103 cm³/mol. The molecule has 7 nitrogen and oxygen atoms in total. The number of carbonyl (C=O) groups excluding carboxylic acids is 2. The van der Waals surface area contributed by atoms with E-state index in [4.69, 9.17) is 4.42 Å². The van der Waals surface area contributed by atoms with Crippen molar-refractivity contribution < 1.29 is 27.2 Å². The van der Waals surface area contributed by atoms with Crippen LogP contribution >= 0.6 is 0 Å². The summed E-state index contributed by atoms with van der Waals surface area (Å²) in [4.78, 5) is 28.3. The smallest absolute Gasteiger partial charge is 0.418 e. The van der Waals surface area contributed by atoms with E-state index in [1.165, 1.54) is 24.5 Å². The highest BCUT2D eigenvalue weighted by Gasteiger charge is 2.34. The lowest BCUT2D eigenvalue weighted by molar-refractivity contribution is -0.136. The fraction of sp³-hybridized carbons (Fsp3) is 0.150. The van der Waals surface area contributed by atoms with Crippen molar-refractivity contribution in [2.75, 3.05) is 10.6 Å². The molecule has 1 atom stereocenters. The van der Waals surface area contributed by atoms with Crippen LogP contribution in [-0.2, 0) is 6.18 Å². The number of anilines is 2. The molecule has 0 fully saturated rings. The van der Waals surface area contributed by atoms with Crippen molar-refractivity contribution in [3.63, 3.8) is 0 Å². The van der Waals surface area contributed by atoms with Crippen molar-refractivity contribution in [1.29, 1.82) is 0 Å². The van der Waals surface area contributed by atoms with E-state index in [1.807, 2.05) is 0 Å². The minimum atomic E-state index is -4.76.